The maximum Gasteiger partial charge on any atom is 0.411 e. The van der Waals surface area contributed by atoms with Crippen LogP contribution in [-0.4, -0.2) is 43.0 Å². The fraction of sp³-hybridized carbons (Fsp3) is 0.304. The Hall–Kier alpha value is -2.83. The number of likely N-dealkylation sites (tertiary alicyclic amines) is 1. The first-order chi connectivity index (χ1) is 14.6. The summed E-state index contributed by atoms with van der Waals surface area (Å²) in [5.74, 6) is 0.203. The standard InChI is InChI=1S/C23H23ClN2O4/c24-19-6-4-16(5-7-19)21(27)17-8-11-26(12-9-17)13-15-30-23(28)25-20-3-1-2-18-10-14-29-22(18)20/h1-7,10,14,17H,8-9,11-13,15H2,(H,25,28). The highest BCUT2D eigenvalue weighted by molar-refractivity contribution is 6.30. The van der Waals surface area contributed by atoms with Gasteiger partial charge in [-0.2, -0.15) is 0 Å². The van der Waals surface area contributed by atoms with Crippen LogP contribution in [0.4, 0.5) is 10.5 Å². The number of benzene rings is 2. The number of ketones is 1. The molecule has 1 fully saturated rings. The minimum absolute atomic E-state index is 0.0282. The van der Waals surface area contributed by atoms with Crippen LogP contribution in [0.5, 0.6) is 0 Å². The van der Waals surface area contributed by atoms with Crippen LogP contribution in [0.15, 0.2) is 59.2 Å². The number of ether oxygens (including phenoxy) is 1. The Balaban J connectivity index is 1.19. The van der Waals surface area contributed by atoms with Gasteiger partial charge in [0.1, 0.15) is 6.61 Å². The van der Waals surface area contributed by atoms with Gasteiger partial charge in [-0.3, -0.25) is 15.0 Å². The predicted molar refractivity (Wildman–Crippen MR) is 116 cm³/mol. The fourth-order valence-electron chi connectivity index (χ4n) is 3.77. The van der Waals surface area contributed by atoms with Gasteiger partial charge >= 0.3 is 6.09 Å². The number of hydrogen-bond acceptors (Lipinski definition) is 5. The smallest absolute Gasteiger partial charge is 0.411 e. The number of fused-ring (bicyclic) bond motifs is 1. The van der Waals surface area contributed by atoms with Crippen molar-refractivity contribution in [2.45, 2.75) is 12.8 Å². The van der Waals surface area contributed by atoms with E-state index >= 15 is 0 Å². The van der Waals surface area contributed by atoms with E-state index in [0.717, 1.165) is 31.3 Å². The number of carbonyl (C=O) groups excluding carboxylic acids is 2. The third-order valence-electron chi connectivity index (χ3n) is 5.44. The molecule has 0 saturated carbocycles. The molecular formula is C23H23ClN2O4. The minimum Gasteiger partial charge on any atom is -0.462 e. The molecule has 0 atom stereocenters. The Morgan fingerprint density at radius 3 is 2.63 bits per heavy atom. The van der Waals surface area contributed by atoms with Gasteiger partial charge in [-0.1, -0.05) is 23.7 Å². The largest absolute Gasteiger partial charge is 0.462 e. The second-order valence-electron chi connectivity index (χ2n) is 7.39. The van der Waals surface area contributed by atoms with Gasteiger partial charge in [-0.05, 0) is 62.3 Å². The number of carbonyl (C=O) groups is 2. The Labute approximate surface area is 179 Å². The monoisotopic (exact) mass is 426 g/mol. The average molecular weight is 427 g/mol. The van der Waals surface area contributed by atoms with Crippen molar-refractivity contribution in [3.8, 4) is 0 Å². The van der Waals surface area contributed by atoms with Crippen LogP contribution < -0.4 is 5.32 Å². The second-order valence-corrected chi connectivity index (χ2v) is 7.83. The Morgan fingerprint density at radius 1 is 1.10 bits per heavy atom. The second kappa shape index (κ2) is 9.32. The summed E-state index contributed by atoms with van der Waals surface area (Å²) in [6.45, 7) is 2.54. The van der Waals surface area contributed by atoms with E-state index in [1.54, 1.807) is 36.6 Å². The third kappa shape index (κ3) is 4.83. The molecule has 0 aliphatic carbocycles. The number of halogens is 1. The topological polar surface area (TPSA) is 71.8 Å². The first-order valence-corrected chi connectivity index (χ1v) is 10.4. The molecule has 1 aliphatic heterocycles. The molecule has 3 aromatic rings. The Morgan fingerprint density at radius 2 is 1.87 bits per heavy atom. The van der Waals surface area contributed by atoms with E-state index in [9.17, 15) is 9.59 Å². The van der Waals surface area contributed by atoms with E-state index in [4.69, 9.17) is 20.8 Å². The molecule has 0 radical (unpaired) electrons. The summed E-state index contributed by atoms with van der Waals surface area (Å²) >= 11 is 5.89. The van der Waals surface area contributed by atoms with Gasteiger partial charge in [0.15, 0.2) is 11.4 Å². The van der Waals surface area contributed by atoms with Crippen molar-refractivity contribution in [3.63, 3.8) is 0 Å². The van der Waals surface area contributed by atoms with Gasteiger partial charge in [0.2, 0.25) is 0 Å². The van der Waals surface area contributed by atoms with Crippen molar-refractivity contribution in [2.24, 2.45) is 5.92 Å². The average Bonchev–Trinajstić information content (AvgIpc) is 3.24. The first-order valence-electron chi connectivity index (χ1n) is 10.0. The fourth-order valence-corrected chi connectivity index (χ4v) is 3.90. The van der Waals surface area contributed by atoms with Crippen molar-refractivity contribution < 1.29 is 18.7 Å². The molecule has 6 nitrogen and oxygen atoms in total. The van der Waals surface area contributed by atoms with E-state index in [2.05, 4.69) is 10.2 Å². The molecule has 156 valence electrons. The van der Waals surface area contributed by atoms with Gasteiger partial charge in [0, 0.05) is 28.4 Å². The summed E-state index contributed by atoms with van der Waals surface area (Å²) in [5.41, 5.74) is 1.93. The van der Waals surface area contributed by atoms with Crippen molar-refractivity contribution in [1.82, 2.24) is 4.90 Å². The lowest BCUT2D eigenvalue weighted by atomic mass is 9.89. The zero-order valence-electron chi connectivity index (χ0n) is 16.5. The number of piperidine rings is 1. The van der Waals surface area contributed by atoms with E-state index in [1.807, 2.05) is 18.2 Å². The molecule has 2 aromatic carbocycles. The molecule has 7 heteroatoms. The van der Waals surface area contributed by atoms with Gasteiger partial charge in [0.05, 0.1) is 12.0 Å². The van der Waals surface area contributed by atoms with E-state index < -0.39 is 6.09 Å². The molecule has 2 heterocycles. The summed E-state index contributed by atoms with van der Waals surface area (Å²) in [4.78, 5) is 26.9. The molecular weight excluding hydrogens is 404 g/mol. The number of rotatable bonds is 6. The predicted octanol–water partition coefficient (Wildman–Crippen LogP) is 5.23. The molecule has 4 rings (SSSR count). The van der Waals surface area contributed by atoms with Crippen LogP contribution in [0, 0.1) is 5.92 Å². The van der Waals surface area contributed by atoms with Crippen LogP contribution in [0.3, 0.4) is 0 Å². The molecule has 0 bridgehead atoms. The number of furan rings is 1. The quantitative estimate of drug-likeness (QED) is 0.546. The maximum atomic E-state index is 12.6. The zero-order chi connectivity index (χ0) is 20.9. The maximum absolute atomic E-state index is 12.6. The molecule has 1 saturated heterocycles. The van der Waals surface area contributed by atoms with Crippen molar-refractivity contribution in [3.05, 3.63) is 65.4 Å². The van der Waals surface area contributed by atoms with Crippen LogP contribution in [0.25, 0.3) is 11.0 Å². The number of nitrogens with zero attached hydrogens (tertiary/aromatic N) is 1. The number of Topliss-reactive ketones (excluding diaryl/α,β-unsaturated/α-hetero) is 1. The molecule has 0 unspecified atom stereocenters. The lowest BCUT2D eigenvalue weighted by molar-refractivity contribution is 0.0813. The summed E-state index contributed by atoms with van der Waals surface area (Å²) in [5, 5.41) is 4.28. The normalized spacial score (nSPS) is 15.2. The van der Waals surface area contributed by atoms with E-state index in [1.165, 1.54) is 0 Å². The first kappa shape index (κ1) is 20.4. The number of para-hydroxylation sites is 1. The van der Waals surface area contributed by atoms with Crippen molar-refractivity contribution in [1.29, 1.82) is 0 Å². The summed E-state index contributed by atoms with van der Waals surface area (Å²) in [6, 6.07) is 14.4. The van der Waals surface area contributed by atoms with Crippen molar-refractivity contribution >= 4 is 40.1 Å². The Kier molecular flexibility index (Phi) is 6.35. The lowest BCUT2D eigenvalue weighted by Gasteiger charge is -2.31. The minimum atomic E-state index is -0.508. The zero-order valence-corrected chi connectivity index (χ0v) is 17.2. The lowest BCUT2D eigenvalue weighted by Crippen LogP contribution is -2.38. The van der Waals surface area contributed by atoms with Gasteiger partial charge in [0.25, 0.3) is 0 Å². The molecule has 0 spiro atoms. The van der Waals surface area contributed by atoms with Gasteiger partial charge in [-0.15, -0.1) is 0 Å². The highest BCUT2D eigenvalue weighted by Crippen LogP contribution is 2.25. The van der Waals surface area contributed by atoms with Crippen LogP contribution in [0.2, 0.25) is 5.02 Å². The summed E-state index contributed by atoms with van der Waals surface area (Å²) in [6.07, 6.45) is 2.68. The van der Waals surface area contributed by atoms with Crippen LogP contribution >= 0.6 is 11.6 Å². The van der Waals surface area contributed by atoms with Gasteiger partial charge in [-0.25, -0.2) is 4.79 Å². The molecule has 1 aromatic heterocycles. The summed E-state index contributed by atoms with van der Waals surface area (Å²) in [7, 11) is 0. The number of hydrogen-bond donors (Lipinski definition) is 1. The van der Waals surface area contributed by atoms with Crippen molar-refractivity contribution in [2.75, 3.05) is 31.6 Å². The number of amides is 1. The SMILES string of the molecule is O=C(Nc1cccc2ccoc12)OCCN1CCC(C(=O)c2ccc(Cl)cc2)CC1. The number of anilines is 1. The molecule has 30 heavy (non-hydrogen) atoms. The van der Waals surface area contributed by atoms with E-state index in [0.29, 0.717) is 28.4 Å². The summed E-state index contributed by atoms with van der Waals surface area (Å²) < 4.78 is 10.7. The third-order valence-corrected chi connectivity index (χ3v) is 5.70. The van der Waals surface area contributed by atoms with Crippen LogP contribution in [-0.2, 0) is 4.74 Å². The highest BCUT2D eigenvalue weighted by atomic mass is 35.5. The highest BCUT2D eigenvalue weighted by Gasteiger charge is 2.25. The van der Waals surface area contributed by atoms with E-state index in [-0.39, 0.29) is 18.3 Å². The van der Waals surface area contributed by atoms with Gasteiger partial charge < -0.3 is 9.15 Å². The Bertz CT molecular complexity index is 1020. The van der Waals surface area contributed by atoms with Crippen LogP contribution in [0.1, 0.15) is 23.2 Å². The molecule has 1 N–H and O–H groups in total. The number of nitrogens with one attached hydrogen (secondary N) is 1. The molecule has 1 amide bonds. The molecule has 1 aliphatic rings.